The molecule has 2 aromatic carbocycles. The maximum absolute atomic E-state index is 12.0. The Kier molecular flexibility index (Phi) is 3.09. The van der Waals surface area contributed by atoms with E-state index in [4.69, 9.17) is 4.74 Å². The van der Waals surface area contributed by atoms with Crippen LogP contribution < -0.4 is 10.2 Å². The quantitative estimate of drug-likeness (QED) is 0.774. The lowest BCUT2D eigenvalue weighted by atomic mass is 10.2. The molecule has 0 atom stereocenters. The molecule has 0 bridgehead atoms. The number of pyridine rings is 1. The molecule has 1 N–H and O–H groups in total. The van der Waals surface area contributed by atoms with Crippen molar-refractivity contribution in [1.82, 2.24) is 4.98 Å². The predicted molar refractivity (Wildman–Crippen MR) is 78.8 cm³/mol. The molecule has 0 radical (unpaired) electrons. The van der Waals surface area contributed by atoms with Crippen LogP contribution in [0.5, 0.6) is 11.5 Å². The summed E-state index contributed by atoms with van der Waals surface area (Å²) in [7, 11) is 0. The number of aromatic amines is 1. The number of benzene rings is 2. The Hall–Kier alpha value is -2.07. The second-order valence-electron chi connectivity index (χ2n) is 4.09. The normalized spacial score (nSPS) is 10.6. The van der Waals surface area contributed by atoms with Crippen LogP contribution in [-0.4, -0.2) is 4.98 Å². The van der Waals surface area contributed by atoms with Gasteiger partial charge in [-0.3, -0.25) is 4.79 Å². The lowest BCUT2D eigenvalue weighted by molar-refractivity contribution is 0.483. The van der Waals surface area contributed by atoms with Crippen LogP contribution in [0.3, 0.4) is 0 Å². The number of para-hydroxylation sites is 1. The van der Waals surface area contributed by atoms with E-state index in [1.54, 1.807) is 12.3 Å². The Morgan fingerprint density at radius 3 is 2.58 bits per heavy atom. The van der Waals surface area contributed by atoms with Crippen molar-refractivity contribution >= 4 is 26.8 Å². The van der Waals surface area contributed by atoms with Crippen LogP contribution in [0.4, 0.5) is 0 Å². The van der Waals surface area contributed by atoms with Crippen molar-refractivity contribution in [3.63, 3.8) is 0 Å². The number of aromatic nitrogens is 1. The number of H-pyrrole nitrogens is 1. The molecule has 0 fully saturated rings. The fraction of sp³-hybridized carbons (Fsp3) is 0. The number of hydrogen-bond donors (Lipinski definition) is 1. The molecular formula is C15H10BrNO2. The van der Waals surface area contributed by atoms with Gasteiger partial charge in [-0.25, -0.2) is 0 Å². The van der Waals surface area contributed by atoms with E-state index in [-0.39, 0.29) is 5.43 Å². The van der Waals surface area contributed by atoms with Gasteiger partial charge in [0.15, 0.2) is 0 Å². The molecule has 0 saturated heterocycles. The van der Waals surface area contributed by atoms with Gasteiger partial charge in [0, 0.05) is 11.7 Å². The second kappa shape index (κ2) is 4.90. The molecule has 0 spiro atoms. The highest BCUT2D eigenvalue weighted by Crippen LogP contribution is 2.23. The minimum atomic E-state index is -0.0488. The van der Waals surface area contributed by atoms with Gasteiger partial charge in [0.1, 0.15) is 11.5 Å². The lowest BCUT2D eigenvalue weighted by Gasteiger charge is -2.06. The van der Waals surface area contributed by atoms with Gasteiger partial charge >= 0.3 is 0 Å². The van der Waals surface area contributed by atoms with E-state index in [9.17, 15) is 4.79 Å². The van der Waals surface area contributed by atoms with Crippen LogP contribution in [0.25, 0.3) is 10.9 Å². The summed E-state index contributed by atoms with van der Waals surface area (Å²) in [6, 6.07) is 14.9. The number of hydrogen-bond acceptors (Lipinski definition) is 2. The minimum Gasteiger partial charge on any atom is -0.457 e. The first-order valence-electron chi connectivity index (χ1n) is 5.78. The van der Waals surface area contributed by atoms with Crippen LogP contribution in [0, 0.1) is 0 Å². The highest BCUT2D eigenvalue weighted by atomic mass is 79.9. The average Bonchev–Trinajstić information content (AvgIpc) is 2.45. The summed E-state index contributed by atoms with van der Waals surface area (Å²) in [6.45, 7) is 0. The summed E-state index contributed by atoms with van der Waals surface area (Å²) in [5, 5.41) is 0.600. The Bertz CT molecular complexity index is 781. The highest BCUT2D eigenvalue weighted by molar-refractivity contribution is 9.10. The molecule has 3 rings (SSSR count). The van der Waals surface area contributed by atoms with E-state index in [1.807, 2.05) is 42.5 Å². The Morgan fingerprint density at radius 2 is 1.79 bits per heavy atom. The number of nitrogens with one attached hydrogen (secondary N) is 1. The van der Waals surface area contributed by atoms with Crippen molar-refractivity contribution in [2.24, 2.45) is 0 Å². The lowest BCUT2D eigenvalue weighted by Crippen LogP contribution is -2.03. The molecule has 0 saturated carbocycles. The van der Waals surface area contributed by atoms with Crippen LogP contribution in [0.1, 0.15) is 0 Å². The van der Waals surface area contributed by atoms with E-state index in [1.165, 1.54) is 0 Å². The summed E-state index contributed by atoms with van der Waals surface area (Å²) >= 11 is 3.22. The summed E-state index contributed by atoms with van der Waals surface area (Å²) in [5.74, 6) is 1.38. The SMILES string of the molecule is O=c1c(Br)c[nH]c2ccc(Oc3ccccc3)cc12. The molecule has 0 aliphatic carbocycles. The Labute approximate surface area is 118 Å². The largest absolute Gasteiger partial charge is 0.457 e. The molecule has 0 amide bonds. The minimum absolute atomic E-state index is 0.0488. The van der Waals surface area contributed by atoms with Crippen molar-refractivity contribution in [3.8, 4) is 11.5 Å². The van der Waals surface area contributed by atoms with Gasteiger partial charge in [-0.05, 0) is 46.3 Å². The second-order valence-corrected chi connectivity index (χ2v) is 4.94. The standard InChI is InChI=1S/C15H10BrNO2/c16-13-9-17-14-7-6-11(8-12(14)15(13)18)19-10-4-2-1-3-5-10/h1-9H,(H,17,18). The van der Waals surface area contributed by atoms with Crippen LogP contribution in [0.2, 0.25) is 0 Å². The van der Waals surface area contributed by atoms with Crippen LogP contribution in [0.15, 0.2) is 64.0 Å². The summed E-state index contributed by atoms with van der Waals surface area (Å²) < 4.78 is 6.22. The van der Waals surface area contributed by atoms with Gasteiger partial charge in [0.2, 0.25) is 5.43 Å². The summed E-state index contributed by atoms with van der Waals surface area (Å²) in [5.41, 5.74) is 0.737. The van der Waals surface area contributed by atoms with E-state index >= 15 is 0 Å². The first-order chi connectivity index (χ1) is 9.24. The molecule has 1 heterocycles. The molecule has 3 aromatic rings. The van der Waals surface area contributed by atoms with Gasteiger partial charge in [-0.1, -0.05) is 18.2 Å². The Morgan fingerprint density at radius 1 is 1.00 bits per heavy atom. The van der Waals surface area contributed by atoms with Crippen molar-refractivity contribution in [2.45, 2.75) is 0 Å². The molecule has 94 valence electrons. The fourth-order valence-corrected chi connectivity index (χ4v) is 2.19. The zero-order chi connectivity index (χ0) is 13.2. The van der Waals surface area contributed by atoms with Crippen LogP contribution >= 0.6 is 15.9 Å². The average molecular weight is 316 g/mol. The molecule has 1 aromatic heterocycles. The van der Waals surface area contributed by atoms with E-state index in [0.717, 1.165) is 11.3 Å². The molecule has 4 heteroatoms. The fourth-order valence-electron chi connectivity index (χ4n) is 1.86. The van der Waals surface area contributed by atoms with Crippen molar-refractivity contribution in [1.29, 1.82) is 0 Å². The third-order valence-corrected chi connectivity index (χ3v) is 3.37. The zero-order valence-electron chi connectivity index (χ0n) is 9.89. The Balaban J connectivity index is 2.07. The number of rotatable bonds is 2. The highest BCUT2D eigenvalue weighted by Gasteiger charge is 2.05. The van der Waals surface area contributed by atoms with E-state index in [0.29, 0.717) is 15.6 Å². The molecule has 19 heavy (non-hydrogen) atoms. The third kappa shape index (κ3) is 2.39. The molecule has 3 nitrogen and oxygen atoms in total. The molecule has 0 unspecified atom stereocenters. The summed E-state index contributed by atoms with van der Waals surface area (Å²) in [4.78, 5) is 15.1. The smallest absolute Gasteiger partial charge is 0.203 e. The first-order valence-corrected chi connectivity index (χ1v) is 6.57. The number of ether oxygens (including phenoxy) is 1. The molecular weight excluding hydrogens is 306 g/mol. The number of fused-ring (bicyclic) bond motifs is 1. The first kappa shape index (κ1) is 12.0. The third-order valence-electron chi connectivity index (χ3n) is 2.79. The van der Waals surface area contributed by atoms with Crippen molar-refractivity contribution < 1.29 is 4.74 Å². The monoisotopic (exact) mass is 315 g/mol. The van der Waals surface area contributed by atoms with Crippen molar-refractivity contribution in [2.75, 3.05) is 0 Å². The van der Waals surface area contributed by atoms with Gasteiger partial charge in [-0.15, -0.1) is 0 Å². The van der Waals surface area contributed by atoms with Gasteiger partial charge in [0.05, 0.1) is 9.86 Å². The van der Waals surface area contributed by atoms with E-state index < -0.39 is 0 Å². The van der Waals surface area contributed by atoms with Gasteiger partial charge in [-0.2, -0.15) is 0 Å². The maximum atomic E-state index is 12.0. The summed E-state index contributed by atoms with van der Waals surface area (Å²) in [6.07, 6.45) is 1.64. The predicted octanol–water partition coefficient (Wildman–Crippen LogP) is 4.08. The van der Waals surface area contributed by atoms with Crippen LogP contribution in [-0.2, 0) is 0 Å². The topological polar surface area (TPSA) is 42.1 Å². The molecule has 0 aliphatic rings. The van der Waals surface area contributed by atoms with Crippen molar-refractivity contribution in [3.05, 3.63) is 69.4 Å². The molecule has 0 aliphatic heterocycles. The van der Waals surface area contributed by atoms with Gasteiger partial charge < -0.3 is 9.72 Å². The van der Waals surface area contributed by atoms with E-state index in [2.05, 4.69) is 20.9 Å². The maximum Gasteiger partial charge on any atom is 0.203 e. The zero-order valence-corrected chi connectivity index (χ0v) is 11.5. The van der Waals surface area contributed by atoms with Gasteiger partial charge in [0.25, 0.3) is 0 Å². The number of halogens is 1.